The molecule has 5 rings (SSSR count). The molecule has 210 valence electrons. The molecule has 2 aromatic heterocycles. The molecule has 2 aromatic rings. The third kappa shape index (κ3) is 8.05. The van der Waals surface area contributed by atoms with E-state index in [-0.39, 0.29) is 50.2 Å². The van der Waals surface area contributed by atoms with Gasteiger partial charge in [0.05, 0.1) is 32.8 Å². The second kappa shape index (κ2) is 13.8. The number of ether oxygens (including phenoxy) is 2. The molecule has 3 aliphatic rings. The molecule has 16 heteroatoms. The molecule has 0 spiro atoms. The molecule has 4 N–H and O–H groups in total. The van der Waals surface area contributed by atoms with Crippen molar-refractivity contribution in [1.29, 1.82) is 0 Å². The van der Waals surface area contributed by atoms with Crippen molar-refractivity contribution in [3.8, 4) is 0 Å². The van der Waals surface area contributed by atoms with E-state index in [0.29, 0.717) is 50.9 Å². The van der Waals surface area contributed by atoms with Gasteiger partial charge in [0.25, 0.3) is 5.56 Å². The normalized spacial score (nSPS) is 21.5. The van der Waals surface area contributed by atoms with E-state index in [1.807, 2.05) is 0 Å². The van der Waals surface area contributed by atoms with Crippen LogP contribution in [0.3, 0.4) is 0 Å². The molecule has 15 nitrogen and oxygen atoms in total. The van der Waals surface area contributed by atoms with Crippen molar-refractivity contribution >= 4 is 37.8 Å². The van der Waals surface area contributed by atoms with Crippen molar-refractivity contribution in [3.63, 3.8) is 0 Å². The number of nitrogens with zero attached hydrogens (tertiary/aromatic N) is 4. The first-order valence-electron chi connectivity index (χ1n) is 12.8. The number of nitrogens with one attached hydrogen (secondary N) is 2. The van der Waals surface area contributed by atoms with Crippen LogP contribution in [0.4, 0.5) is 5.95 Å². The summed E-state index contributed by atoms with van der Waals surface area (Å²) in [5.41, 5.74) is 5.59. The van der Waals surface area contributed by atoms with E-state index in [1.54, 1.807) is 0 Å². The quantitative estimate of drug-likeness (QED) is 0.160. The number of H-pyrrole nitrogens is 1. The standard InChI is InChI=1S/C22H35N7O8Si/c23-22-26-20-19(21(32)27-22)25-15-29(20)16-33-12-13-34-18(31)4-1-3-17(30)24-5-2-14-38-35-9-6-28(7-10-36-38)8-11-37-38/h15H,1-14,16H2,(H,24,30)(H3,23,26,27,32). The average Bonchev–Trinajstić information content (AvgIpc) is 3.25. The van der Waals surface area contributed by atoms with Crippen molar-refractivity contribution < 1.29 is 32.3 Å². The number of hydrogen-bond donors (Lipinski definition) is 3. The molecule has 0 radical (unpaired) electrons. The van der Waals surface area contributed by atoms with Crippen LogP contribution in [0, 0.1) is 0 Å². The second-order valence-corrected chi connectivity index (χ2v) is 11.7. The molecule has 38 heavy (non-hydrogen) atoms. The van der Waals surface area contributed by atoms with Gasteiger partial charge in [-0.3, -0.25) is 28.8 Å². The SMILES string of the molecule is Nc1nc2c(ncn2COCCOC(=O)CCCC(=O)NCCC[Si]23OCCN(CCO2)CCO3)c(=O)[nH]1. The lowest BCUT2D eigenvalue weighted by atomic mass is 10.2. The first-order valence-corrected chi connectivity index (χ1v) is 14.7. The number of nitrogens with two attached hydrogens (primary N) is 1. The Morgan fingerprint density at radius 1 is 1.11 bits per heavy atom. The molecule has 0 aromatic carbocycles. The van der Waals surface area contributed by atoms with Gasteiger partial charge in [-0.2, -0.15) is 4.98 Å². The summed E-state index contributed by atoms with van der Waals surface area (Å²) in [6, 6.07) is 0.668. The molecule has 0 atom stereocenters. The Hall–Kier alpha value is -2.89. The Morgan fingerprint density at radius 2 is 1.84 bits per heavy atom. The van der Waals surface area contributed by atoms with Gasteiger partial charge in [0, 0.05) is 45.1 Å². The lowest BCUT2D eigenvalue weighted by Crippen LogP contribution is -2.55. The zero-order valence-corrected chi connectivity index (χ0v) is 22.3. The van der Waals surface area contributed by atoms with E-state index in [9.17, 15) is 14.4 Å². The van der Waals surface area contributed by atoms with Crippen LogP contribution >= 0.6 is 0 Å². The number of anilines is 1. The lowest BCUT2D eigenvalue weighted by molar-refractivity contribution is -0.145. The van der Waals surface area contributed by atoms with Crippen LogP contribution in [0.1, 0.15) is 25.7 Å². The number of rotatable bonds is 13. The zero-order chi connectivity index (χ0) is 26.8. The Kier molecular flexibility index (Phi) is 10.2. The number of carbonyl (C=O) groups is 2. The van der Waals surface area contributed by atoms with E-state index in [4.69, 9.17) is 28.5 Å². The maximum Gasteiger partial charge on any atom is 0.501 e. The van der Waals surface area contributed by atoms with E-state index in [2.05, 4.69) is 25.2 Å². The summed E-state index contributed by atoms with van der Waals surface area (Å²) in [4.78, 5) is 48.5. The molecule has 2 bridgehead atoms. The van der Waals surface area contributed by atoms with Crippen LogP contribution in [0.2, 0.25) is 6.04 Å². The van der Waals surface area contributed by atoms with Crippen LogP contribution in [-0.2, 0) is 39.1 Å². The summed E-state index contributed by atoms with van der Waals surface area (Å²) in [6.07, 6.45) is 2.88. The van der Waals surface area contributed by atoms with Gasteiger partial charge in [-0.05, 0) is 12.8 Å². The summed E-state index contributed by atoms with van der Waals surface area (Å²) >= 11 is 0. The van der Waals surface area contributed by atoms with Crippen molar-refractivity contribution in [2.75, 3.05) is 64.9 Å². The largest absolute Gasteiger partial charge is 0.501 e. The number of amides is 1. The minimum absolute atomic E-state index is 0.0158. The summed E-state index contributed by atoms with van der Waals surface area (Å²) in [5.74, 6) is -0.535. The molecule has 1 amide bonds. The topological polar surface area (TPSA) is 185 Å². The van der Waals surface area contributed by atoms with Gasteiger partial charge in [0.1, 0.15) is 13.3 Å². The van der Waals surface area contributed by atoms with Crippen molar-refractivity contribution in [2.24, 2.45) is 0 Å². The van der Waals surface area contributed by atoms with Crippen LogP contribution < -0.4 is 16.6 Å². The average molecular weight is 554 g/mol. The van der Waals surface area contributed by atoms with Crippen LogP contribution in [-0.4, -0.2) is 104 Å². The van der Waals surface area contributed by atoms with Crippen LogP contribution in [0.25, 0.3) is 11.2 Å². The summed E-state index contributed by atoms with van der Waals surface area (Å²) < 4.78 is 30.1. The molecule has 0 aliphatic carbocycles. The Bertz CT molecular complexity index is 1120. The van der Waals surface area contributed by atoms with Crippen molar-refractivity contribution in [2.45, 2.75) is 38.5 Å². The van der Waals surface area contributed by atoms with E-state index in [1.165, 1.54) is 10.9 Å². The summed E-state index contributed by atoms with van der Waals surface area (Å²) in [6.45, 7) is 5.29. The van der Waals surface area contributed by atoms with Gasteiger partial charge in [-0.1, -0.05) is 0 Å². The molecule has 0 unspecified atom stereocenters. The fourth-order valence-electron chi connectivity index (χ4n) is 4.20. The van der Waals surface area contributed by atoms with E-state index < -0.39 is 20.3 Å². The van der Waals surface area contributed by atoms with Crippen molar-refractivity contribution in [3.05, 3.63) is 16.7 Å². The van der Waals surface area contributed by atoms with Crippen LogP contribution in [0.15, 0.2) is 11.1 Å². The highest BCUT2D eigenvalue weighted by atomic mass is 28.4. The molecular weight excluding hydrogens is 518 g/mol. The van der Waals surface area contributed by atoms with Gasteiger partial charge >= 0.3 is 14.8 Å². The number of aromatic amines is 1. The lowest BCUT2D eigenvalue weighted by Gasteiger charge is -2.38. The Balaban J connectivity index is 1.03. The highest BCUT2D eigenvalue weighted by molar-refractivity contribution is 6.60. The molecule has 0 saturated carbocycles. The van der Waals surface area contributed by atoms with Gasteiger partial charge in [-0.25, -0.2) is 4.98 Å². The number of aromatic nitrogens is 4. The molecular formula is C22H35N7O8Si. The highest BCUT2D eigenvalue weighted by Gasteiger charge is 2.43. The molecule has 3 aliphatic heterocycles. The number of esters is 1. The smallest absolute Gasteiger partial charge is 0.463 e. The predicted molar refractivity (Wildman–Crippen MR) is 136 cm³/mol. The number of nitrogen functional groups attached to an aromatic ring is 1. The van der Waals surface area contributed by atoms with Gasteiger partial charge < -0.3 is 33.8 Å². The number of imidazole rings is 1. The monoisotopic (exact) mass is 553 g/mol. The van der Waals surface area contributed by atoms with Crippen molar-refractivity contribution in [1.82, 2.24) is 29.7 Å². The van der Waals surface area contributed by atoms with Gasteiger partial charge in [0.2, 0.25) is 11.9 Å². The third-order valence-electron chi connectivity index (χ3n) is 6.17. The minimum atomic E-state index is -2.67. The molecule has 3 fully saturated rings. The molecule has 5 heterocycles. The van der Waals surface area contributed by atoms with Gasteiger partial charge in [0.15, 0.2) is 11.2 Å². The second-order valence-electron chi connectivity index (χ2n) is 8.97. The van der Waals surface area contributed by atoms with Gasteiger partial charge in [-0.15, -0.1) is 0 Å². The molecule has 3 saturated heterocycles. The minimum Gasteiger partial charge on any atom is -0.463 e. The van der Waals surface area contributed by atoms with Crippen LogP contribution in [0.5, 0.6) is 0 Å². The first-order chi connectivity index (χ1) is 18.4. The number of carbonyl (C=O) groups excluding carboxylic acids is 2. The summed E-state index contributed by atoms with van der Waals surface area (Å²) in [5, 5.41) is 2.88. The maximum atomic E-state index is 12.1. The number of hydrogen-bond acceptors (Lipinski definition) is 12. The maximum absolute atomic E-state index is 12.1. The summed E-state index contributed by atoms with van der Waals surface area (Å²) in [7, 11) is -2.67. The zero-order valence-electron chi connectivity index (χ0n) is 21.3. The third-order valence-corrected chi connectivity index (χ3v) is 9.07. The Labute approximate surface area is 220 Å². The first kappa shape index (κ1) is 28.1. The number of fused-ring (bicyclic) bond motifs is 7. The predicted octanol–water partition coefficient (Wildman–Crippen LogP) is -0.786. The Morgan fingerprint density at radius 3 is 2.58 bits per heavy atom. The van der Waals surface area contributed by atoms with E-state index in [0.717, 1.165) is 19.6 Å². The fraction of sp³-hybridized carbons (Fsp3) is 0.682. The van der Waals surface area contributed by atoms with E-state index >= 15 is 0 Å². The highest BCUT2D eigenvalue weighted by Crippen LogP contribution is 2.21. The fourth-order valence-corrected chi connectivity index (χ4v) is 6.70.